The molecule has 23 heavy (non-hydrogen) atoms. The summed E-state index contributed by atoms with van der Waals surface area (Å²) in [5.74, 6) is -1.05. The van der Waals surface area contributed by atoms with Crippen molar-refractivity contribution in [2.45, 2.75) is 57.3 Å². The molecule has 2 rings (SSSR count). The fourth-order valence-corrected chi connectivity index (χ4v) is 2.81. The zero-order valence-corrected chi connectivity index (χ0v) is 13.6. The Hall–Kier alpha value is -1.95. The number of nitrogens with one attached hydrogen (secondary N) is 1. The molecule has 0 saturated heterocycles. The van der Waals surface area contributed by atoms with E-state index >= 15 is 0 Å². The molecule has 1 amide bonds. The summed E-state index contributed by atoms with van der Waals surface area (Å²) in [4.78, 5) is 24.8. The molecular weight excluding hydrogens is 301 g/mol. The van der Waals surface area contributed by atoms with Gasteiger partial charge < -0.3 is 15.2 Å². The van der Waals surface area contributed by atoms with Crippen LogP contribution in [-0.2, 0) is 15.1 Å². The minimum atomic E-state index is -1.47. The van der Waals surface area contributed by atoms with Crippen molar-refractivity contribution in [2.24, 2.45) is 0 Å². The van der Waals surface area contributed by atoms with Gasteiger partial charge in [0.2, 0.25) is 0 Å². The summed E-state index contributed by atoms with van der Waals surface area (Å²) in [6, 6.07) is 5.50. The molecule has 2 N–H and O–H groups in total. The summed E-state index contributed by atoms with van der Waals surface area (Å²) in [6.45, 7) is 5.12. The minimum absolute atomic E-state index is 0.283. The molecule has 126 valence electrons. The van der Waals surface area contributed by atoms with Crippen LogP contribution in [0.5, 0.6) is 0 Å². The smallest absolute Gasteiger partial charge is 0.408 e. The third kappa shape index (κ3) is 3.88. The SMILES string of the molecule is CC(C)(C)OC(=O)NC1(c2cccc(F)c2)CCCC(O)C1=O. The maximum Gasteiger partial charge on any atom is 0.408 e. The summed E-state index contributed by atoms with van der Waals surface area (Å²) >= 11 is 0. The van der Waals surface area contributed by atoms with Crippen molar-refractivity contribution < 1.29 is 23.8 Å². The average Bonchev–Trinajstić information content (AvgIpc) is 2.42. The van der Waals surface area contributed by atoms with Crippen LogP contribution >= 0.6 is 0 Å². The number of ketones is 1. The highest BCUT2D eigenvalue weighted by molar-refractivity contribution is 5.96. The van der Waals surface area contributed by atoms with E-state index < -0.39 is 34.9 Å². The molecule has 0 aromatic heterocycles. The molecule has 0 heterocycles. The highest BCUT2D eigenvalue weighted by Gasteiger charge is 2.47. The lowest BCUT2D eigenvalue weighted by Gasteiger charge is -2.39. The van der Waals surface area contributed by atoms with Crippen LogP contribution < -0.4 is 5.32 Å². The molecule has 5 nitrogen and oxygen atoms in total. The van der Waals surface area contributed by atoms with Crippen molar-refractivity contribution in [3.05, 3.63) is 35.6 Å². The van der Waals surface area contributed by atoms with Crippen molar-refractivity contribution >= 4 is 11.9 Å². The number of amides is 1. The van der Waals surface area contributed by atoms with Gasteiger partial charge in [0.05, 0.1) is 0 Å². The monoisotopic (exact) mass is 323 g/mol. The van der Waals surface area contributed by atoms with Gasteiger partial charge in [-0.2, -0.15) is 0 Å². The number of carbonyl (C=O) groups is 2. The molecule has 2 unspecified atom stereocenters. The van der Waals surface area contributed by atoms with Crippen LogP contribution in [0.15, 0.2) is 24.3 Å². The highest BCUT2D eigenvalue weighted by Crippen LogP contribution is 2.35. The van der Waals surface area contributed by atoms with Gasteiger partial charge in [-0.1, -0.05) is 12.1 Å². The van der Waals surface area contributed by atoms with Crippen LogP contribution in [0.2, 0.25) is 0 Å². The lowest BCUT2D eigenvalue weighted by molar-refractivity contribution is -0.138. The van der Waals surface area contributed by atoms with E-state index in [1.807, 2.05) is 0 Å². The number of hydrogen-bond donors (Lipinski definition) is 2. The van der Waals surface area contributed by atoms with Gasteiger partial charge in [0.25, 0.3) is 0 Å². The molecule has 1 aromatic rings. The Morgan fingerprint density at radius 1 is 1.43 bits per heavy atom. The van der Waals surface area contributed by atoms with Crippen LogP contribution in [0.3, 0.4) is 0 Å². The Kier molecular flexibility index (Phi) is 4.75. The van der Waals surface area contributed by atoms with Gasteiger partial charge in [0.1, 0.15) is 23.1 Å². The van der Waals surface area contributed by atoms with Gasteiger partial charge in [-0.05, 0) is 57.7 Å². The number of ether oxygens (including phenoxy) is 1. The molecule has 2 atom stereocenters. The molecule has 1 saturated carbocycles. The third-order valence-electron chi connectivity index (χ3n) is 3.78. The molecule has 0 bridgehead atoms. The fraction of sp³-hybridized carbons (Fsp3) is 0.529. The summed E-state index contributed by atoms with van der Waals surface area (Å²) in [6.07, 6.45) is -0.831. The summed E-state index contributed by atoms with van der Waals surface area (Å²) in [7, 11) is 0. The Morgan fingerprint density at radius 2 is 2.13 bits per heavy atom. The predicted molar refractivity (Wildman–Crippen MR) is 82.3 cm³/mol. The van der Waals surface area contributed by atoms with Gasteiger partial charge in [-0.3, -0.25) is 4.79 Å². The first-order valence-electron chi connectivity index (χ1n) is 7.64. The first-order chi connectivity index (χ1) is 10.6. The molecule has 0 aliphatic heterocycles. The predicted octanol–water partition coefficient (Wildman–Crippen LogP) is 2.66. The second-order valence-corrected chi connectivity index (χ2v) is 6.81. The molecule has 1 aliphatic carbocycles. The number of alkyl carbamates (subject to hydrolysis) is 1. The minimum Gasteiger partial charge on any atom is -0.444 e. The number of benzene rings is 1. The number of Topliss-reactive ketones (excluding diaryl/α,β-unsaturated/α-hetero) is 1. The molecule has 1 aromatic carbocycles. The largest absolute Gasteiger partial charge is 0.444 e. The molecule has 6 heteroatoms. The second kappa shape index (κ2) is 6.28. The Labute approximate surface area is 134 Å². The zero-order chi connectivity index (χ0) is 17.3. The van der Waals surface area contributed by atoms with Crippen LogP contribution in [0.1, 0.15) is 45.6 Å². The third-order valence-corrected chi connectivity index (χ3v) is 3.78. The van der Waals surface area contributed by atoms with Crippen LogP contribution in [0, 0.1) is 5.82 Å². The number of hydrogen-bond acceptors (Lipinski definition) is 4. The second-order valence-electron chi connectivity index (χ2n) is 6.81. The van der Waals surface area contributed by atoms with E-state index in [0.29, 0.717) is 18.4 Å². The maximum absolute atomic E-state index is 13.6. The van der Waals surface area contributed by atoms with Gasteiger partial charge >= 0.3 is 6.09 Å². The van der Waals surface area contributed by atoms with E-state index in [0.717, 1.165) is 0 Å². The van der Waals surface area contributed by atoms with E-state index in [-0.39, 0.29) is 6.42 Å². The fourth-order valence-electron chi connectivity index (χ4n) is 2.81. The van der Waals surface area contributed by atoms with Crippen LogP contribution in [0.4, 0.5) is 9.18 Å². The first-order valence-corrected chi connectivity index (χ1v) is 7.64. The topological polar surface area (TPSA) is 75.6 Å². The lowest BCUT2D eigenvalue weighted by Crippen LogP contribution is -2.58. The number of aliphatic hydroxyl groups is 1. The molecule has 1 aliphatic rings. The molecule has 1 fully saturated rings. The van der Waals surface area contributed by atoms with Gasteiger partial charge in [0, 0.05) is 0 Å². The Bertz CT molecular complexity index is 611. The van der Waals surface area contributed by atoms with E-state index in [4.69, 9.17) is 4.74 Å². The Morgan fingerprint density at radius 3 is 2.74 bits per heavy atom. The maximum atomic E-state index is 13.6. The first kappa shape index (κ1) is 17.4. The van der Waals surface area contributed by atoms with Crippen molar-refractivity contribution in [3.8, 4) is 0 Å². The average molecular weight is 323 g/mol. The van der Waals surface area contributed by atoms with Crippen LogP contribution in [-0.4, -0.2) is 28.7 Å². The number of carbonyl (C=O) groups excluding carboxylic acids is 2. The van der Waals surface area contributed by atoms with Crippen LogP contribution in [0.25, 0.3) is 0 Å². The van der Waals surface area contributed by atoms with Crippen molar-refractivity contribution in [1.82, 2.24) is 5.32 Å². The van der Waals surface area contributed by atoms with E-state index in [1.54, 1.807) is 26.8 Å². The highest BCUT2D eigenvalue weighted by atomic mass is 19.1. The normalized spacial score (nSPS) is 25.1. The molecule has 0 radical (unpaired) electrons. The summed E-state index contributed by atoms with van der Waals surface area (Å²) in [5.41, 5.74) is -1.89. The number of halogens is 1. The Balaban J connectivity index is 2.40. The van der Waals surface area contributed by atoms with Gasteiger partial charge in [-0.15, -0.1) is 0 Å². The standard InChI is InChI=1S/C17H22FNO4/c1-16(2,3)23-15(22)19-17(9-5-8-13(20)14(17)21)11-6-4-7-12(18)10-11/h4,6-7,10,13,20H,5,8-9H2,1-3H3,(H,19,22). The zero-order valence-electron chi connectivity index (χ0n) is 13.6. The summed E-state index contributed by atoms with van der Waals surface area (Å²) < 4.78 is 18.8. The van der Waals surface area contributed by atoms with Gasteiger partial charge in [-0.25, -0.2) is 9.18 Å². The van der Waals surface area contributed by atoms with Gasteiger partial charge in [0.15, 0.2) is 5.78 Å². The van der Waals surface area contributed by atoms with Crippen molar-refractivity contribution in [3.63, 3.8) is 0 Å². The molecular formula is C17H22FNO4. The quantitative estimate of drug-likeness (QED) is 0.877. The lowest BCUT2D eigenvalue weighted by atomic mass is 9.74. The van der Waals surface area contributed by atoms with E-state index in [1.165, 1.54) is 18.2 Å². The van der Waals surface area contributed by atoms with E-state index in [2.05, 4.69) is 5.32 Å². The molecule has 0 spiro atoms. The number of rotatable bonds is 2. The van der Waals surface area contributed by atoms with E-state index in [9.17, 15) is 19.1 Å². The number of aliphatic hydroxyl groups excluding tert-OH is 1. The van der Waals surface area contributed by atoms with Crippen molar-refractivity contribution in [2.75, 3.05) is 0 Å². The van der Waals surface area contributed by atoms with Crippen molar-refractivity contribution in [1.29, 1.82) is 0 Å². The summed E-state index contributed by atoms with van der Waals surface area (Å²) in [5, 5.41) is 12.5.